The summed E-state index contributed by atoms with van der Waals surface area (Å²) < 4.78 is 5.19. The normalized spacial score (nSPS) is 11.4. The van der Waals surface area contributed by atoms with Crippen molar-refractivity contribution in [2.24, 2.45) is 0 Å². The fraction of sp³-hybridized carbons (Fsp3) is 0.692. The maximum absolute atomic E-state index is 11.7. The molecule has 1 heterocycles. The standard InChI is InChI=1S/C13H24N4O2/c1-5-6-7-14-8-10-9-15-17-11(10)16-12(18)19-13(2,3)4/h9,14H,5-8H2,1-4H3,(H2,15,16,17,18). The first-order chi connectivity index (χ1) is 8.92. The molecule has 1 aromatic rings. The molecule has 0 radical (unpaired) electrons. The van der Waals surface area contributed by atoms with Gasteiger partial charge in [0.25, 0.3) is 0 Å². The second-order valence-corrected chi connectivity index (χ2v) is 5.43. The van der Waals surface area contributed by atoms with Crippen LogP contribution < -0.4 is 10.6 Å². The molecule has 1 amide bonds. The van der Waals surface area contributed by atoms with E-state index in [1.165, 1.54) is 0 Å². The summed E-state index contributed by atoms with van der Waals surface area (Å²) in [4.78, 5) is 11.7. The zero-order valence-corrected chi connectivity index (χ0v) is 12.2. The number of hydrogen-bond acceptors (Lipinski definition) is 4. The molecule has 6 heteroatoms. The van der Waals surface area contributed by atoms with E-state index < -0.39 is 11.7 Å². The number of H-pyrrole nitrogens is 1. The third-order valence-electron chi connectivity index (χ3n) is 2.37. The van der Waals surface area contributed by atoms with Crippen LogP contribution in [0, 0.1) is 0 Å². The Hall–Kier alpha value is -1.56. The van der Waals surface area contributed by atoms with Gasteiger partial charge < -0.3 is 10.1 Å². The number of aromatic nitrogens is 2. The predicted molar refractivity (Wildman–Crippen MR) is 75.1 cm³/mol. The molecule has 0 spiro atoms. The van der Waals surface area contributed by atoms with Crippen LogP contribution in [-0.4, -0.2) is 28.4 Å². The summed E-state index contributed by atoms with van der Waals surface area (Å²) in [6, 6.07) is 0. The summed E-state index contributed by atoms with van der Waals surface area (Å²) in [6.45, 7) is 9.25. The van der Waals surface area contributed by atoms with E-state index >= 15 is 0 Å². The maximum atomic E-state index is 11.7. The third kappa shape index (κ3) is 6.24. The number of carbonyl (C=O) groups excluding carboxylic acids is 1. The molecular formula is C13H24N4O2. The Morgan fingerprint density at radius 1 is 1.47 bits per heavy atom. The monoisotopic (exact) mass is 268 g/mol. The van der Waals surface area contributed by atoms with Crippen molar-refractivity contribution in [1.29, 1.82) is 0 Å². The van der Waals surface area contributed by atoms with Gasteiger partial charge in [-0.05, 0) is 33.7 Å². The first-order valence-electron chi connectivity index (χ1n) is 6.65. The smallest absolute Gasteiger partial charge is 0.413 e. The second kappa shape index (κ2) is 7.13. The van der Waals surface area contributed by atoms with E-state index in [2.05, 4.69) is 27.8 Å². The molecule has 0 fully saturated rings. The molecule has 0 aliphatic heterocycles. The Morgan fingerprint density at radius 2 is 2.21 bits per heavy atom. The average Bonchev–Trinajstić information content (AvgIpc) is 2.69. The van der Waals surface area contributed by atoms with Crippen molar-refractivity contribution in [2.75, 3.05) is 11.9 Å². The minimum atomic E-state index is -0.510. The van der Waals surface area contributed by atoms with Crippen molar-refractivity contribution in [3.05, 3.63) is 11.8 Å². The van der Waals surface area contributed by atoms with Gasteiger partial charge in [0, 0.05) is 12.1 Å². The van der Waals surface area contributed by atoms with Gasteiger partial charge in [0.05, 0.1) is 6.20 Å². The lowest BCUT2D eigenvalue weighted by Gasteiger charge is -2.19. The molecule has 0 unspecified atom stereocenters. The highest BCUT2D eigenvalue weighted by molar-refractivity contribution is 5.84. The zero-order chi connectivity index (χ0) is 14.3. The minimum Gasteiger partial charge on any atom is -0.444 e. The summed E-state index contributed by atoms with van der Waals surface area (Å²) >= 11 is 0. The molecule has 0 saturated carbocycles. The number of nitrogens with zero attached hydrogens (tertiary/aromatic N) is 1. The minimum absolute atomic E-state index is 0.480. The van der Waals surface area contributed by atoms with Gasteiger partial charge in [-0.3, -0.25) is 10.4 Å². The maximum Gasteiger partial charge on any atom is 0.413 e. The number of rotatable bonds is 6. The van der Waals surface area contributed by atoms with Gasteiger partial charge in [-0.1, -0.05) is 13.3 Å². The molecule has 19 heavy (non-hydrogen) atoms. The van der Waals surface area contributed by atoms with Crippen LogP contribution in [0.4, 0.5) is 10.6 Å². The Kier molecular flexibility index (Phi) is 5.82. The second-order valence-electron chi connectivity index (χ2n) is 5.43. The number of anilines is 1. The molecule has 1 rings (SSSR count). The van der Waals surface area contributed by atoms with Crippen LogP contribution in [0.15, 0.2) is 6.20 Å². The van der Waals surface area contributed by atoms with E-state index in [0.717, 1.165) is 24.9 Å². The quantitative estimate of drug-likeness (QED) is 0.693. The number of ether oxygens (including phenoxy) is 1. The lowest BCUT2D eigenvalue weighted by Crippen LogP contribution is -2.27. The largest absolute Gasteiger partial charge is 0.444 e. The Balaban J connectivity index is 2.46. The van der Waals surface area contributed by atoms with Crippen LogP contribution in [0.3, 0.4) is 0 Å². The van der Waals surface area contributed by atoms with Gasteiger partial charge >= 0.3 is 6.09 Å². The van der Waals surface area contributed by atoms with E-state index in [1.807, 2.05) is 20.8 Å². The van der Waals surface area contributed by atoms with Crippen LogP contribution >= 0.6 is 0 Å². The molecular weight excluding hydrogens is 244 g/mol. The number of nitrogens with one attached hydrogen (secondary N) is 3. The van der Waals surface area contributed by atoms with Crippen molar-refractivity contribution in [2.45, 2.75) is 52.7 Å². The fourth-order valence-electron chi connectivity index (χ4n) is 1.48. The molecule has 0 aliphatic rings. The van der Waals surface area contributed by atoms with Crippen LogP contribution in [0.5, 0.6) is 0 Å². The number of aromatic amines is 1. The van der Waals surface area contributed by atoms with Gasteiger partial charge in [-0.15, -0.1) is 0 Å². The predicted octanol–water partition coefficient (Wildman–Crippen LogP) is 2.65. The molecule has 0 aromatic carbocycles. The number of amides is 1. The summed E-state index contributed by atoms with van der Waals surface area (Å²) in [5.74, 6) is 0.582. The Bertz CT molecular complexity index is 396. The van der Waals surface area contributed by atoms with Crippen LogP contribution in [0.25, 0.3) is 0 Å². The number of unbranched alkanes of at least 4 members (excludes halogenated alkanes) is 1. The van der Waals surface area contributed by atoms with Gasteiger partial charge in [-0.25, -0.2) is 4.79 Å². The molecule has 0 atom stereocenters. The van der Waals surface area contributed by atoms with Crippen molar-refractivity contribution in [3.63, 3.8) is 0 Å². The summed E-state index contributed by atoms with van der Waals surface area (Å²) in [5.41, 5.74) is 0.408. The third-order valence-corrected chi connectivity index (χ3v) is 2.37. The molecule has 108 valence electrons. The highest BCUT2D eigenvalue weighted by atomic mass is 16.6. The average molecular weight is 268 g/mol. The van der Waals surface area contributed by atoms with E-state index in [1.54, 1.807) is 6.20 Å². The van der Waals surface area contributed by atoms with Crippen LogP contribution in [-0.2, 0) is 11.3 Å². The summed E-state index contributed by atoms with van der Waals surface area (Å²) in [7, 11) is 0. The highest BCUT2D eigenvalue weighted by Gasteiger charge is 2.17. The lowest BCUT2D eigenvalue weighted by atomic mass is 10.2. The SMILES string of the molecule is CCCCNCc1cn[nH]c1NC(=O)OC(C)(C)C. The van der Waals surface area contributed by atoms with Gasteiger partial charge in [0.2, 0.25) is 0 Å². The molecule has 0 saturated heterocycles. The summed E-state index contributed by atoms with van der Waals surface area (Å²) in [6.07, 6.45) is 3.51. The van der Waals surface area contributed by atoms with E-state index in [-0.39, 0.29) is 0 Å². The topological polar surface area (TPSA) is 79.0 Å². The summed E-state index contributed by atoms with van der Waals surface area (Å²) in [5, 5.41) is 12.7. The molecule has 0 aliphatic carbocycles. The van der Waals surface area contributed by atoms with E-state index in [0.29, 0.717) is 12.4 Å². The molecule has 1 aromatic heterocycles. The molecule has 0 bridgehead atoms. The zero-order valence-electron chi connectivity index (χ0n) is 12.2. The van der Waals surface area contributed by atoms with Crippen molar-refractivity contribution < 1.29 is 9.53 Å². The first-order valence-corrected chi connectivity index (χ1v) is 6.65. The van der Waals surface area contributed by atoms with Gasteiger partial charge in [0.1, 0.15) is 11.4 Å². The van der Waals surface area contributed by atoms with Crippen LogP contribution in [0.1, 0.15) is 46.1 Å². The Morgan fingerprint density at radius 3 is 2.84 bits per heavy atom. The number of hydrogen-bond donors (Lipinski definition) is 3. The highest BCUT2D eigenvalue weighted by Crippen LogP contribution is 2.13. The van der Waals surface area contributed by atoms with Gasteiger partial charge in [0.15, 0.2) is 0 Å². The first kappa shape index (κ1) is 15.5. The van der Waals surface area contributed by atoms with Crippen LogP contribution in [0.2, 0.25) is 0 Å². The van der Waals surface area contributed by atoms with E-state index in [9.17, 15) is 4.79 Å². The van der Waals surface area contributed by atoms with Gasteiger partial charge in [-0.2, -0.15) is 5.10 Å². The van der Waals surface area contributed by atoms with E-state index in [4.69, 9.17) is 4.74 Å². The Labute approximate surface area is 114 Å². The van der Waals surface area contributed by atoms with Crippen molar-refractivity contribution >= 4 is 11.9 Å². The number of carbonyl (C=O) groups is 1. The fourth-order valence-corrected chi connectivity index (χ4v) is 1.48. The lowest BCUT2D eigenvalue weighted by molar-refractivity contribution is 0.0635. The molecule has 3 N–H and O–H groups in total. The molecule has 6 nitrogen and oxygen atoms in total. The van der Waals surface area contributed by atoms with Crippen molar-refractivity contribution in [3.8, 4) is 0 Å². The van der Waals surface area contributed by atoms with Crippen molar-refractivity contribution in [1.82, 2.24) is 15.5 Å².